The maximum atomic E-state index is 9.97. The summed E-state index contributed by atoms with van der Waals surface area (Å²) in [7, 11) is 4.18. The minimum atomic E-state index is -0.194. The lowest BCUT2D eigenvalue weighted by molar-refractivity contribution is 0.120. The molecule has 1 aromatic carbocycles. The molecule has 0 spiro atoms. The van der Waals surface area contributed by atoms with Crippen molar-refractivity contribution in [2.24, 2.45) is 0 Å². The fourth-order valence-corrected chi connectivity index (χ4v) is 3.61. The van der Waals surface area contributed by atoms with E-state index in [2.05, 4.69) is 49.0 Å². The lowest BCUT2D eigenvalue weighted by Crippen LogP contribution is -2.42. The first kappa shape index (κ1) is 14.8. The number of rotatable bonds is 4. The van der Waals surface area contributed by atoms with Gasteiger partial charge in [-0.1, -0.05) is 17.7 Å². The highest BCUT2D eigenvalue weighted by molar-refractivity contribution is 5.40. The van der Waals surface area contributed by atoms with Crippen LogP contribution in [-0.4, -0.2) is 66.9 Å². The van der Waals surface area contributed by atoms with Gasteiger partial charge in [0.25, 0.3) is 0 Å². The zero-order valence-corrected chi connectivity index (χ0v) is 13.2. The van der Waals surface area contributed by atoms with Gasteiger partial charge in [-0.05, 0) is 39.1 Å². The second-order valence-corrected chi connectivity index (χ2v) is 6.81. The van der Waals surface area contributed by atoms with Crippen LogP contribution in [0, 0.1) is 6.92 Å². The van der Waals surface area contributed by atoms with Crippen LogP contribution in [0.15, 0.2) is 18.2 Å². The molecule has 116 valence electrons. The quantitative estimate of drug-likeness (QED) is 0.906. The summed E-state index contributed by atoms with van der Waals surface area (Å²) in [5.41, 5.74) is 2.61. The van der Waals surface area contributed by atoms with Gasteiger partial charge in [0, 0.05) is 32.1 Å². The van der Waals surface area contributed by atoms with Crippen LogP contribution in [0.2, 0.25) is 0 Å². The van der Waals surface area contributed by atoms with Gasteiger partial charge in [-0.2, -0.15) is 0 Å². The smallest absolute Gasteiger partial charge is 0.123 e. The van der Waals surface area contributed by atoms with Crippen LogP contribution in [0.5, 0.6) is 5.75 Å². The van der Waals surface area contributed by atoms with Gasteiger partial charge in [0.05, 0.1) is 6.10 Å². The maximum Gasteiger partial charge on any atom is 0.123 e. The van der Waals surface area contributed by atoms with Crippen LogP contribution in [-0.2, 0) is 6.42 Å². The number of nitrogens with zero attached hydrogens (tertiary/aromatic N) is 2. The highest BCUT2D eigenvalue weighted by Gasteiger charge is 2.34. The van der Waals surface area contributed by atoms with Crippen molar-refractivity contribution in [3.8, 4) is 5.75 Å². The number of hydrogen-bond acceptors (Lipinski definition) is 4. The number of likely N-dealkylation sites (N-methyl/N-ethyl adjacent to an activating group) is 1. The summed E-state index contributed by atoms with van der Waals surface area (Å²) in [5, 5.41) is 9.97. The van der Waals surface area contributed by atoms with Gasteiger partial charge in [-0.25, -0.2) is 0 Å². The fourth-order valence-electron chi connectivity index (χ4n) is 3.61. The summed E-state index contributed by atoms with van der Waals surface area (Å²) >= 11 is 0. The molecule has 4 heteroatoms. The number of likely N-dealkylation sites (tertiary alicyclic amines) is 1. The van der Waals surface area contributed by atoms with E-state index in [9.17, 15) is 5.11 Å². The van der Waals surface area contributed by atoms with Gasteiger partial charge in [0.1, 0.15) is 11.9 Å². The minimum absolute atomic E-state index is 0.194. The Labute approximate surface area is 127 Å². The molecule has 1 saturated heterocycles. The normalized spacial score (nSPS) is 28.9. The molecule has 1 N–H and O–H groups in total. The van der Waals surface area contributed by atoms with E-state index in [4.69, 9.17) is 4.74 Å². The summed E-state index contributed by atoms with van der Waals surface area (Å²) < 4.78 is 6.08. The number of ether oxygens (including phenoxy) is 1. The van der Waals surface area contributed by atoms with Crippen LogP contribution in [0.4, 0.5) is 0 Å². The molecule has 0 aromatic heterocycles. The van der Waals surface area contributed by atoms with E-state index < -0.39 is 0 Å². The summed E-state index contributed by atoms with van der Waals surface area (Å²) in [6, 6.07) is 6.85. The summed E-state index contributed by atoms with van der Waals surface area (Å²) in [5.74, 6) is 1.04. The highest BCUT2D eigenvalue weighted by Crippen LogP contribution is 2.31. The molecule has 0 amide bonds. The molecule has 21 heavy (non-hydrogen) atoms. The van der Waals surface area contributed by atoms with E-state index in [1.807, 2.05) is 0 Å². The topological polar surface area (TPSA) is 35.9 Å². The molecular weight excluding hydrogens is 264 g/mol. The Morgan fingerprint density at radius 2 is 2.19 bits per heavy atom. The molecule has 1 aromatic rings. The second kappa shape index (κ2) is 5.95. The summed E-state index contributed by atoms with van der Waals surface area (Å²) in [4.78, 5) is 4.59. The van der Waals surface area contributed by atoms with E-state index in [1.165, 1.54) is 11.1 Å². The third-order valence-electron chi connectivity index (χ3n) is 4.48. The number of aliphatic hydroxyl groups excluding tert-OH is 1. The lowest BCUT2D eigenvalue weighted by Gasteiger charge is -2.28. The summed E-state index contributed by atoms with van der Waals surface area (Å²) in [6.07, 6.45) is 1.88. The number of aryl methyl sites for hydroxylation is 1. The first-order valence-electron chi connectivity index (χ1n) is 7.84. The van der Waals surface area contributed by atoms with Crippen LogP contribution in [0.25, 0.3) is 0 Å². The molecular formula is C17H26N2O2. The van der Waals surface area contributed by atoms with Crippen molar-refractivity contribution in [3.05, 3.63) is 29.3 Å². The molecule has 0 aliphatic carbocycles. The second-order valence-electron chi connectivity index (χ2n) is 6.81. The Bertz CT molecular complexity index is 504. The van der Waals surface area contributed by atoms with Crippen LogP contribution in [0.1, 0.15) is 17.5 Å². The third kappa shape index (κ3) is 3.39. The standard InChI is InChI=1S/C17H26N2O2/c1-12-4-5-17-13(6-12)7-16(21-17)11-19-10-15(20)8-14(19)9-18(2)3/h4-6,14-16,20H,7-11H2,1-3H3. The SMILES string of the molecule is Cc1ccc2c(c1)CC(CN1CC(O)CC1CN(C)C)O2. The monoisotopic (exact) mass is 290 g/mol. The Hall–Kier alpha value is -1.10. The average molecular weight is 290 g/mol. The number of benzene rings is 1. The third-order valence-corrected chi connectivity index (χ3v) is 4.48. The predicted octanol–water partition coefficient (Wildman–Crippen LogP) is 1.30. The molecule has 2 aliphatic heterocycles. The summed E-state index contributed by atoms with van der Waals surface area (Å²) in [6.45, 7) is 4.80. The van der Waals surface area contributed by atoms with Gasteiger partial charge in [-0.3, -0.25) is 4.90 Å². The van der Waals surface area contributed by atoms with Gasteiger partial charge in [-0.15, -0.1) is 0 Å². The van der Waals surface area contributed by atoms with Crippen molar-refractivity contribution < 1.29 is 9.84 Å². The molecule has 2 aliphatic rings. The Morgan fingerprint density at radius 1 is 1.38 bits per heavy atom. The molecule has 3 unspecified atom stereocenters. The maximum absolute atomic E-state index is 9.97. The predicted molar refractivity (Wildman–Crippen MR) is 83.8 cm³/mol. The number of β-amino-alcohol motifs (C(OH)–C–C–N with tert-alkyl or cyclic N) is 1. The van der Waals surface area contributed by atoms with Gasteiger partial charge in [0.15, 0.2) is 0 Å². The van der Waals surface area contributed by atoms with E-state index in [0.29, 0.717) is 6.04 Å². The Morgan fingerprint density at radius 3 is 2.95 bits per heavy atom. The fraction of sp³-hybridized carbons (Fsp3) is 0.647. The Kier molecular flexibility index (Phi) is 4.20. The molecule has 1 fully saturated rings. The van der Waals surface area contributed by atoms with E-state index in [-0.39, 0.29) is 12.2 Å². The van der Waals surface area contributed by atoms with Gasteiger partial charge in [0.2, 0.25) is 0 Å². The molecule has 0 saturated carbocycles. The zero-order valence-electron chi connectivity index (χ0n) is 13.2. The van der Waals surface area contributed by atoms with Gasteiger partial charge >= 0.3 is 0 Å². The van der Waals surface area contributed by atoms with Crippen LogP contribution >= 0.6 is 0 Å². The van der Waals surface area contributed by atoms with Crippen molar-refractivity contribution in [1.29, 1.82) is 0 Å². The van der Waals surface area contributed by atoms with Crippen molar-refractivity contribution >= 4 is 0 Å². The molecule has 3 rings (SSSR count). The van der Waals surface area contributed by atoms with E-state index in [0.717, 1.165) is 38.2 Å². The van der Waals surface area contributed by atoms with Crippen LogP contribution < -0.4 is 4.74 Å². The van der Waals surface area contributed by atoms with Gasteiger partial charge < -0.3 is 14.7 Å². The number of fused-ring (bicyclic) bond motifs is 1. The van der Waals surface area contributed by atoms with Crippen LogP contribution in [0.3, 0.4) is 0 Å². The van der Waals surface area contributed by atoms with E-state index >= 15 is 0 Å². The largest absolute Gasteiger partial charge is 0.488 e. The average Bonchev–Trinajstić information content (AvgIpc) is 2.92. The molecule has 0 radical (unpaired) electrons. The van der Waals surface area contributed by atoms with Crippen molar-refractivity contribution in [1.82, 2.24) is 9.80 Å². The zero-order chi connectivity index (χ0) is 15.0. The van der Waals surface area contributed by atoms with Crippen molar-refractivity contribution in [3.63, 3.8) is 0 Å². The van der Waals surface area contributed by atoms with E-state index in [1.54, 1.807) is 0 Å². The Balaban J connectivity index is 1.62. The highest BCUT2D eigenvalue weighted by atomic mass is 16.5. The van der Waals surface area contributed by atoms with Crippen molar-refractivity contribution in [2.75, 3.05) is 33.7 Å². The lowest BCUT2D eigenvalue weighted by atomic mass is 10.1. The number of aliphatic hydroxyl groups is 1. The van der Waals surface area contributed by atoms with Crippen molar-refractivity contribution in [2.45, 2.75) is 38.0 Å². The molecule has 0 bridgehead atoms. The first-order chi connectivity index (χ1) is 10.0. The first-order valence-corrected chi connectivity index (χ1v) is 7.84. The molecule has 4 nitrogen and oxygen atoms in total. The minimum Gasteiger partial charge on any atom is -0.488 e. The molecule has 3 atom stereocenters. The molecule has 2 heterocycles. The number of hydrogen-bond donors (Lipinski definition) is 1.